The van der Waals surface area contributed by atoms with E-state index in [1.165, 1.54) is 77.0 Å². The van der Waals surface area contributed by atoms with Crippen LogP contribution in [0.15, 0.2) is 0 Å². The molecule has 0 aromatic heterocycles. The first-order valence-corrected chi connectivity index (χ1v) is 15.5. The van der Waals surface area contributed by atoms with E-state index in [1.807, 2.05) is 6.92 Å². The molecule has 0 saturated heterocycles. The number of phosphoric acid groups is 1. The first-order valence-electron chi connectivity index (χ1n) is 14.0. The fraction of sp³-hybridized carbons (Fsp3) is 0.962. The molecule has 2 unspecified atom stereocenters. The third-order valence-electron chi connectivity index (χ3n) is 5.77. The molecule has 2 atom stereocenters. The standard InChI is InChI=1S/C26H54NO7P/c1-3-5-7-8-9-10-11-12-13-14-15-16-17-18-21-31-23-25(34-26(28)19-6-4-2)24-33-35(29,30)32-22-20-27/h25H,3-24,27H2,1-2H3,(H,29,30). The lowest BCUT2D eigenvalue weighted by atomic mass is 10.0. The summed E-state index contributed by atoms with van der Waals surface area (Å²) in [6.07, 6.45) is 19.3. The first kappa shape index (κ1) is 34.5. The molecule has 0 amide bonds. The van der Waals surface area contributed by atoms with Crippen molar-refractivity contribution in [1.29, 1.82) is 0 Å². The van der Waals surface area contributed by atoms with Crippen molar-refractivity contribution in [3.05, 3.63) is 0 Å². The molecule has 0 rings (SSSR count). The summed E-state index contributed by atoms with van der Waals surface area (Å²) in [5.41, 5.74) is 5.28. The first-order chi connectivity index (χ1) is 16.9. The molecule has 0 aliphatic rings. The van der Waals surface area contributed by atoms with E-state index >= 15 is 0 Å². The van der Waals surface area contributed by atoms with E-state index in [-0.39, 0.29) is 32.3 Å². The van der Waals surface area contributed by atoms with Crippen LogP contribution in [-0.4, -0.2) is 49.9 Å². The average Bonchev–Trinajstić information content (AvgIpc) is 2.84. The zero-order chi connectivity index (χ0) is 26.0. The van der Waals surface area contributed by atoms with Gasteiger partial charge >= 0.3 is 13.8 Å². The van der Waals surface area contributed by atoms with Gasteiger partial charge in [-0.1, -0.05) is 104 Å². The highest BCUT2D eigenvalue weighted by Gasteiger charge is 2.25. The normalized spacial score (nSPS) is 14.1. The monoisotopic (exact) mass is 523 g/mol. The summed E-state index contributed by atoms with van der Waals surface area (Å²) in [6.45, 7) is 4.67. The van der Waals surface area contributed by atoms with Crippen LogP contribution in [0.4, 0.5) is 0 Å². The van der Waals surface area contributed by atoms with Gasteiger partial charge in [-0.3, -0.25) is 13.8 Å². The number of carbonyl (C=O) groups is 1. The van der Waals surface area contributed by atoms with Crippen molar-refractivity contribution < 1.29 is 32.8 Å². The van der Waals surface area contributed by atoms with Crippen LogP contribution in [0.2, 0.25) is 0 Å². The van der Waals surface area contributed by atoms with Gasteiger partial charge in [0.15, 0.2) is 0 Å². The smallest absolute Gasteiger partial charge is 0.457 e. The minimum Gasteiger partial charge on any atom is -0.457 e. The highest BCUT2D eigenvalue weighted by Crippen LogP contribution is 2.43. The zero-order valence-corrected chi connectivity index (χ0v) is 23.4. The van der Waals surface area contributed by atoms with E-state index in [0.29, 0.717) is 13.0 Å². The maximum absolute atomic E-state index is 12.0. The van der Waals surface area contributed by atoms with E-state index in [4.69, 9.17) is 24.3 Å². The number of hydrogen-bond acceptors (Lipinski definition) is 7. The Balaban J connectivity index is 3.87. The Morgan fingerprint density at radius 2 is 1.26 bits per heavy atom. The van der Waals surface area contributed by atoms with Crippen LogP contribution in [0.5, 0.6) is 0 Å². The van der Waals surface area contributed by atoms with Gasteiger partial charge in [-0.05, 0) is 12.8 Å². The van der Waals surface area contributed by atoms with Gasteiger partial charge < -0.3 is 20.1 Å². The Hall–Kier alpha value is -0.500. The Morgan fingerprint density at radius 3 is 1.77 bits per heavy atom. The number of rotatable bonds is 27. The summed E-state index contributed by atoms with van der Waals surface area (Å²) >= 11 is 0. The van der Waals surface area contributed by atoms with Crippen LogP contribution in [-0.2, 0) is 27.9 Å². The van der Waals surface area contributed by atoms with Crippen molar-refractivity contribution in [3.63, 3.8) is 0 Å². The number of nitrogens with two attached hydrogens (primary N) is 1. The molecule has 0 bridgehead atoms. The molecular formula is C26H54NO7P. The van der Waals surface area contributed by atoms with E-state index in [1.54, 1.807) is 0 Å². The Bertz CT molecular complexity index is 522. The van der Waals surface area contributed by atoms with Crippen LogP contribution in [0.1, 0.15) is 123 Å². The van der Waals surface area contributed by atoms with E-state index in [0.717, 1.165) is 25.7 Å². The molecule has 0 radical (unpaired) electrons. The number of unbranched alkanes of at least 4 members (excludes halogenated alkanes) is 14. The molecule has 0 heterocycles. The highest BCUT2D eigenvalue weighted by atomic mass is 31.2. The lowest BCUT2D eigenvalue weighted by molar-refractivity contribution is -0.154. The van der Waals surface area contributed by atoms with Crippen molar-refractivity contribution in [3.8, 4) is 0 Å². The fourth-order valence-electron chi connectivity index (χ4n) is 3.68. The lowest BCUT2D eigenvalue weighted by Gasteiger charge is -2.20. The topological polar surface area (TPSA) is 117 Å². The summed E-state index contributed by atoms with van der Waals surface area (Å²) in [6, 6.07) is 0. The number of esters is 1. The summed E-state index contributed by atoms with van der Waals surface area (Å²) < 4.78 is 32.5. The van der Waals surface area contributed by atoms with Gasteiger partial charge in [0.2, 0.25) is 0 Å². The van der Waals surface area contributed by atoms with E-state index in [2.05, 4.69) is 6.92 Å². The number of hydrogen-bond donors (Lipinski definition) is 2. The Morgan fingerprint density at radius 1 is 0.743 bits per heavy atom. The van der Waals surface area contributed by atoms with Crippen LogP contribution in [0.25, 0.3) is 0 Å². The number of ether oxygens (including phenoxy) is 2. The molecule has 0 aromatic rings. The van der Waals surface area contributed by atoms with E-state index in [9.17, 15) is 14.3 Å². The third-order valence-corrected chi connectivity index (χ3v) is 6.76. The van der Waals surface area contributed by atoms with Gasteiger partial charge in [0, 0.05) is 19.6 Å². The third kappa shape index (κ3) is 25.0. The van der Waals surface area contributed by atoms with Crippen LogP contribution >= 0.6 is 7.82 Å². The minimum atomic E-state index is -4.23. The maximum atomic E-state index is 12.0. The maximum Gasteiger partial charge on any atom is 0.472 e. The Kier molecular flexibility index (Phi) is 24.8. The summed E-state index contributed by atoms with van der Waals surface area (Å²) in [7, 11) is -4.23. The molecule has 9 heteroatoms. The van der Waals surface area contributed by atoms with Gasteiger partial charge in [0.1, 0.15) is 6.10 Å². The molecule has 8 nitrogen and oxygen atoms in total. The molecule has 210 valence electrons. The molecule has 0 aromatic carbocycles. The summed E-state index contributed by atoms with van der Waals surface area (Å²) in [5, 5.41) is 0. The second-order valence-electron chi connectivity index (χ2n) is 9.27. The van der Waals surface area contributed by atoms with Crippen LogP contribution in [0.3, 0.4) is 0 Å². The minimum absolute atomic E-state index is 0.0929. The Labute approximate surface area is 214 Å². The van der Waals surface area contributed by atoms with Crippen LogP contribution < -0.4 is 5.73 Å². The molecule has 0 spiro atoms. The SMILES string of the molecule is CCCCCCCCCCCCCCCCOCC(COP(=O)(O)OCCN)OC(=O)CCCC. The number of carbonyl (C=O) groups excluding carboxylic acids is 1. The van der Waals surface area contributed by atoms with E-state index < -0.39 is 13.9 Å². The van der Waals surface area contributed by atoms with Crippen molar-refractivity contribution in [2.45, 2.75) is 129 Å². The summed E-state index contributed by atoms with van der Waals surface area (Å²) in [4.78, 5) is 21.6. The van der Waals surface area contributed by atoms with Gasteiger partial charge in [0.05, 0.1) is 19.8 Å². The number of phosphoric ester groups is 1. The van der Waals surface area contributed by atoms with Crippen molar-refractivity contribution in [2.24, 2.45) is 5.73 Å². The summed E-state index contributed by atoms with van der Waals surface area (Å²) in [5.74, 6) is -0.365. The molecule has 35 heavy (non-hydrogen) atoms. The highest BCUT2D eigenvalue weighted by molar-refractivity contribution is 7.47. The quantitative estimate of drug-likeness (QED) is 0.0695. The van der Waals surface area contributed by atoms with Crippen molar-refractivity contribution in [2.75, 3.05) is 33.0 Å². The molecule has 0 saturated carbocycles. The molecular weight excluding hydrogens is 469 g/mol. The molecule has 0 aliphatic heterocycles. The van der Waals surface area contributed by atoms with Crippen molar-refractivity contribution >= 4 is 13.8 Å². The predicted octanol–water partition coefficient (Wildman–Crippen LogP) is 6.68. The van der Waals surface area contributed by atoms with Gasteiger partial charge in [-0.25, -0.2) is 4.57 Å². The molecule has 0 fully saturated rings. The average molecular weight is 524 g/mol. The van der Waals surface area contributed by atoms with Gasteiger partial charge in [-0.15, -0.1) is 0 Å². The second kappa shape index (κ2) is 25.2. The van der Waals surface area contributed by atoms with Crippen LogP contribution in [0, 0.1) is 0 Å². The lowest BCUT2D eigenvalue weighted by Crippen LogP contribution is -2.28. The predicted molar refractivity (Wildman–Crippen MR) is 141 cm³/mol. The fourth-order valence-corrected chi connectivity index (χ4v) is 4.44. The largest absolute Gasteiger partial charge is 0.472 e. The zero-order valence-electron chi connectivity index (χ0n) is 22.6. The van der Waals surface area contributed by atoms with Crippen molar-refractivity contribution in [1.82, 2.24) is 0 Å². The molecule has 0 aliphatic carbocycles. The van der Waals surface area contributed by atoms with Gasteiger partial charge in [0.25, 0.3) is 0 Å². The molecule has 3 N–H and O–H groups in total. The second-order valence-corrected chi connectivity index (χ2v) is 10.7. The van der Waals surface area contributed by atoms with Gasteiger partial charge in [-0.2, -0.15) is 0 Å².